The smallest absolute Gasteiger partial charge is 0.274 e. The first kappa shape index (κ1) is 18.4. The molecule has 2 aliphatic carbocycles. The first-order valence-corrected chi connectivity index (χ1v) is 10.6. The Bertz CT molecular complexity index is 1240. The van der Waals surface area contributed by atoms with E-state index in [9.17, 15) is 9.59 Å². The summed E-state index contributed by atoms with van der Waals surface area (Å²) in [5, 5.41) is 13.5. The van der Waals surface area contributed by atoms with Crippen molar-refractivity contribution >= 4 is 28.9 Å². The molecule has 10 nitrogen and oxygen atoms in total. The Labute approximate surface area is 177 Å². The van der Waals surface area contributed by atoms with Gasteiger partial charge in [0.2, 0.25) is 0 Å². The van der Waals surface area contributed by atoms with Crippen molar-refractivity contribution in [2.24, 2.45) is 11.8 Å². The molecule has 2 saturated carbocycles. The summed E-state index contributed by atoms with van der Waals surface area (Å²) < 4.78 is 8.83. The Morgan fingerprint density at radius 1 is 1.26 bits per heavy atom. The van der Waals surface area contributed by atoms with Crippen LogP contribution in [0.15, 0.2) is 35.4 Å². The van der Waals surface area contributed by atoms with Crippen LogP contribution in [-0.4, -0.2) is 51.4 Å². The van der Waals surface area contributed by atoms with Crippen molar-refractivity contribution in [3.63, 3.8) is 0 Å². The molecule has 1 saturated heterocycles. The van der Waals surface area contributed by atoms with Crippen molar-refractivity contribution < 1.29 is 9.53 Å². The average Bonchev–Trinajstić information content (AvgIpc) is 3.60. The van der Waals surface area contributed by atoms with Gasteiger partial charge in [-0.05, 0) is 25.0 Å². The molecule has 6 rings (SSSR count). The molecule has 4 heterocycles. The summed E-state index contributed by atoms with van der Waals surface area (Å²) >= 11 is 0. The zero-order valence-corrected chi connectivity index (χ0v) is 17.0. The third kappa shape index (κ3) is 3.05. The predicted octanol–water partition coefficient (Wildman–Crippen LogP) is 1.39. The standard InChI is InChI=1S/C21H23N7O3/c1-22-17-7-16(26-19-12(8-23-28(17)19)20(29)24-11-4-5-11)25-15-3-2-6-27(21(15)30)18-13-9-31-10-14(13)18/h2-3,6-8,11,13-14,18,22H,4-5,9-10H2,1H3,(H,24,29)(H,25,26)/t13-,14+,18+. The minimum Gasteiger partial charge on any atom is -0.381 e. The van der Waals surface area contributed by atoms with E-state index >= 15 is 0 Å². The fraction of sp³-hybridized carbons (Fsp3) is 0.429. The molecule has 0 bridgehead atoms. The van der Waals surface area contributed by atoms with Crippen LogP contribution in [0, 0.1) is 11.8 Å². The first-order chi connectivity index (χ1) is 15.1. The van der Waals surface area contributed by atoms with E-state index in [1.165, 1.54) is 6.20 Å². The van der Waals surface area contributed by atoms with Crippen LogP contribution in [0.1, 0.15) is 29.2 Å². The molecule has 10 heteroatoms. The van der Waals surface area contributed by atoms with Gasteiger partial charge in [-0.15, -0.1) is 0 Å². The second-order valence-electron chi connectivity index (χ2n) is 8.43. The minimum absolute atomic E-state index is 0.0882. The fourth-order valence-electron chi connectivity index (χ4n) is 4.46. The van der Waals surface area contributed by atoms with Crippen LogP contribution in [0.5, 0.6) is 0 Å². The summed E-state index contributed by atoms with van der Waals surface area (Å²) in [6.45, 7) is 1.44. The SMILES string of the molecule is CNc1cc(Nc2cccn([C@H]3[C@@H]4COC[C@@H]43)c2=O)nc2c(C(=O)NC3CC3)cnn12. The molecule has 3 atom stereocenters. The number of amides is 1. The van der Waals surface area contributed by atoms with Gasteiger partial charge in [0.05, 0.1) is 19.4 Å². The molecule has 3 N–H and O–H groups in total. The quantitative estimate of drug-likeness (QED) is 0.551. The van der Waals surface area contributed by atoms with Crippen molar-refractivity contribution in [2.45, 2.75) is 24.9 Å². The van der Waals surface area contributed by atoms with Crippen LogP contribution in [0.3, 0.4) is 0 Å². The molecule has 0 spiro atoms. The molecule has 3 fully saturated rings. The highest BCUT2D eigenvalue weighted by Crippen LogP contribution is 2.53. The van der Waals surface area contributed by atoms with Crippen molar-refractivity contribution in [3.8, 4) is 0 Å². The van der Waals surface area contributed by atoms with Crippen LogP contribution in [0.2, 0.25) is 0 Å². The molecule has 3 aromatic heterocycles. The first-order valence-electron chi connectivity index (χ1n) is 10.6. The maximum atomic E-state index is 13.1. The number of hydrogen-bond acceptors (Lipinski definition) is 7. The van der Waals surface area contributed by atoms with Crippen molar-refractivity contribution in [1.82, 2.24) is 24.5 Å². The lowest BCUT2D eigenvalue weighted by Gasteiger charge is -2.13. The predicted molar refractivity (Wildman–Crippen MR) is 114 cm³/mol. The highest BCUT2D eigenvalue weighted by atomic mass is 16.5. The normalized spacial score (nSPS) is 24.1. The molecular weight excluding hydrogens is 398 g/mol. The van der Waals surface area contributed by atoms with Gasteiger partial charge in [0.15, 0.2) is 5.65 Å². The molecule has 0 unspecified atom stereocenters. The largest absolute Gasteiger partial charge is 0.381 e. The fourth-order valence-corrected chi connectivity index (χ4v) is 4.46. The summed E-state index contributed by atoms with van der Waals surface area (Å²) in [7, 11) is 1.77. The molecule has 160 valence electrons. The number of carbonyl (C=O) groups excluding carboxylic acids is 1. The number of aromatic nitrogens is 4. The van der Waals surface area contributed by atoms with Crippen LogP contribution in [0.25, 0.3) is 5.65 Å². The van der Waals surface area contributed by atoms with Crippen molar-refractivity contribution in [2.75, 3.05) is 30.9 Å². The lowest BCUT2D eigenvalue weighted by Crippen LogP contribution is -2.25. The van der Waals surface area contributed by atoms with Gasteiger partial charge in [0, 0.05) is 43.2 Å². The van der Waals surface area contributed by atoms with Crippen LogP contribution in [-0.2, 0) is 4.74 Å². The van der Waals surface area contributed by atoms with E-state index in [1.54, 1.807) is 28.3 Å². The van der Waals surface area contributed by atoms with Crippen molar-refractivity contribution in [3.05, 3.63) is 46.5 Å². The van der Waals surface area contributed by atoms with Crippen LogP contribution < -0.4 is 21.5 Å². The maximum Gasteiger partial charge on any atom is 0.274 e. The topological polar surface area (TPSA) is 115 Å². The molecule has 3 aromatic rings. The maximum absolute atomic E-state index is 13.1. The summed E-state index contributed by atoms with van der Waals surface area (Å²) in [5.74, 6) is 1.79. The number of hydrogen-bond donors (Lipinski definition) is 3. The second-order valence-corrected chi connectivity index (χ2v) is 8.43. The summed E-state index contributed by atoms with van der Waals surface area (Å²) in [5.41, 5.74) is 1.19. The number of nitrogens with zero attached hydrogens (tertiary/aromatic N) is 4. The van der Waals surface area contributed by atoms with E-state index in [1.807, 2.05) is 12.3 Å². The zero-order valence-electron chi connectivity index (χ0n) is 17.0. The Balaban J connectivity index is 1.34. The highest BCUT2D eigenvalue weighted by molar-refractivity contribution is 6.00. The average molecular weight is 421 g/mol. The summed E-state index contributed by atoms with van der Waals surface area (Å²) in [6, 6.07) is 5.82. The van der Waals surface area contributed by atoms with E-state index < -0.39 is 0 Å². The van der Waals surface area contributed by atoms with Gasteiger partial charge in [-0.2, -0.15) is 9.61 Å². The number of rotatable bonds is 6. The molecule has 31 heavy (non-hydrogen) atoms. The van der Waals surface area contributed by atoms with Gasteiger partial charge < -0.3 is 25.3 Å². The number of ether oxygens (including phenoxy) is 1. The number of carbonyl (C=O) groups is 1. The molecule has 3 aliphatic rings. The van der Waals surface area contributed by atoms with E-state index in [0.717, 1.165) is 26.1 Å². The van der Waals surface area contributed by atoms with Gasteiger partial charge in [-0.25, -0.2) is 4.98 Å². The van der Waals surface area contributed by atoms with Crippen LogP contribution >= 0.6 is 0 Å². The lowest BCUT2D eigenvalue weighted by atomic mass is 10.3. The van der Waals surface area contributed by atoms with E-state index in [2.05, 4.69) is 26.0 Å². The van der Waals surface area contributed by atoms with E-state index in [4.69, 9.17) is 4.74 Å². The van der Waals surface area contributed by atoms with E-state index in [0.29, 0.717) is 40.4 Å². The number of anilines is 3. The number of pyridine rings is 1. The summed E-state index contributed by atoms with van der Waals surface area (Å²) in [6.07, 6.45) is 5.36. The van der Waals surface area contributed by atoms with Crippen LogP contribution in [0.4, 0.5) is 17.3 Å². The summed E-state index contributed by atoms with van der Waals surface area (Å²) in [4.78, 5) is 30.3. The van der Waals surface area contributed by atoms with Gasteiger partial charge >= 0.3 is 0 Å². The Kier molecular flexibility index (Phi) is 4.04. The minimum atomic E-state index is -0.186. The Morgan fingerprint density at radius 3 is 2.81 bits per heavy atom. The monoisotopic (exact) mass is 421 g/mol. The van der Waals surface area contributed by atoms with Gasteiger partial charge in [-0.3, -0.25) is 9.59 Å². The number of nitrogens with one attached hydrogen (secondary N) is 3. The molecule has 0 radical (unpaired) electrons. The second kappa shape index (κ2) is 6.81. The molecular formula is C21H23N7O3. The number of fused-ring (bicyclic) bond motifs is 2. The third-order valence-corrected chi connectivity index (χ3v) is 6.35. The highest BCUT2D eigenvalue weighted by Gasteiger charge is 2.55. The lowest BCUT2D eigenvalue weighted by molar-refractivity contribution is 0.0952. The van der Waals surface area contributed by atoms with Gasteiger partial charge in [0.25, 0.3) is 11.5 Å². The third-order valence-electron chi connectivity index (χ3n) is 6.35. The Morgan fingerprint density at radius 2 is 2.06 bits per heavy atom. The molecule has 1 aliphatic heterocycles. The molecule has 1 amide bonds. The van der Waals surface area contributed by atoms with Gasteiger partial charge in [0.1, 0.15) is 22.9 Å². The van der Waals surface area contributed by atoms with Crippen molar-refractivity contribution in [1.29, 1.82) is 0 Å². The van der Waals surface area contributed by atoms with E-state index in [-0.39, 0.29) is 23.6 Å². The molecule has 0 aromatic carbocycles. The van der Waals surface area contributed by atoms with Gasteiger partial charge in [-0.1, -0.05) is 0 Å². The Hall–Kier alpha value is -3.40. The zero-order chi connectivity index (χ0) is 21.1.